The Bertz CT molecular complexity index is 1160. The summed E-state index contributed by atoms with van der Waals surface area (Å²) in [6.45, 7) is 5.71. The third kappa shape index (κ3) is 37.3. The van der Waals surface area contributed by atoms with Crippen molar-refractivity contribution in [3.05, 3.63) is 59.7 Å². The Morgan fingerprint density at radius 3 is 0.754 bits per heavy atom. The molecule has 0 unspecified atom stereocenters. The van der Waals surface area contributed by atoms with Crippen LogP contribution in [0.2, 0.25) is 0 Å². The molecular formula is C54H90CaO6. The topological polar surface area (TPSA) is 98.7 Å². The minimum absolute atomic E-state index is 0. The van der Waals surface area contributed by atoms with E-state index in [1.165, 1.54) is 218 Å². The van der Waals surface area contributed by atoms with E-state index in [0.717, 1.165) is 25.7 Å². The number of benzene rings is 2. The molecule has 0 atom stereocenters. The predicted octanol–water partition coefficient (Wildman–Crippen LogP) is 14.6. The molecule has 0 radical (unpaired) electrons. The third-order valence-corrected chi connectivity index (χ3v) is 11.7. The average molecular weight is 875 g/mol. The molecule has 0 aliphatic rings. The molecule has 0 heterocycles. The molecular weight excluding hydrogens is 785 g/mol. The molecule has 344 valence electrons. The van der Waals surface area contributed by atoms with Crippen LogP contribution in [0.25, 0.3) is 0 Å². The first kappa shape index (κ1) is 59.2. The van der Waals surface area contributed by atoms with Gasteiger partial charge in [-0.25, -0.2) is 0 Å². The number of hydrogen-bond acceptors (Lipinski definition) is 6. The van der Waals surface area contributed by atoms with E-state index in [-0.39, 0.29) is 48.9 Å². The molecule has 0 saturated carbocycles. The van der Waals surface area contributed by atoms with E-state index in [1.807, 2.05) is 0 Å². The number of carbonyl (C=O) groups is 2. The van der Waals surface area contributed by atoms with Crippen LogP contribution in [0.4, 0.5) is 0 Å². The van der Waals surface area contributed by atoms with Crippen molar-refractivity contribution in [3.8, 4) is 11.5 Å². The molecule has 2 aromatic carbocycles. The molecule has 6 nitrogen and oxygen atoms in total. The van der Waals surface area contributed by atoms with Crippen molar-refractivity contribution < 1.29 is 29.3 Å². The molecule has 0 saturated heterocycles. The smallest absolute Gasteiger partial charge is 0.545 e. The third-order valence-electron chi connectivity index (χ3n) is 11.7. The Kier molecular flexibility index (Phi) is 44.9. The monoisotopic (exact) mass is 875 g/mol. The Balaban J connectivity index is 0.00000116. The molecule has 0 spiro atoms. The van der Waals surface area contributed by atoms with Crippen LogP contribution in [-0.2, 0) is 0 Å². The van der Waals surface area contributed by atoms with Crippen molar-refractivity contribution in [3.63, 3.8) is 0 Å². The number of hydrogen-bond donors (Lipinski definition) is 0. The van der Waals surface area contributed by atoms with Gasteiger partial charge in [0, 0.05) is 11.1 Å². The van der Waals surface area contributed by atoms with Gasteiger partial charge < -0.3 is 29.3 Å². The van der Waals surface area contributed by atoms with Gasteiger partial charge in [0.1, 0.15) is 11.5 Å². The molecule has 0 aliphatic carbocycles. The summed E-state index contributed by atoms with van der Waals surface area (Å²) in [5.41, 5.74) is 0.278. The first-order valence-electron chi connectivity index (χ1n) is 25.4. The standard InChI is InChI=1S/2C27H46O3.Ca/c2*1-2-3-4-5-6-7-8-9-10-11-12-13-14-15-16-17-18-21-24-30-26-23-20-19-22-25(26)27(28)29;/h2*19-20,22-23H,2-18,21,24H2,1H3,(H,28,29);/q;;+2/p-2. The number of unbranched alkanes of at least 4 members (excludes halogenated alkanes) is 34. The van der Waals surface area contributed by atoms with E-state index in [9.17, 15) is 19.8 Å². The molecule has 7 heteroatoms. The number of carbonyl (C=O) groups excluding carboxylic acids is 2. The van der Waals surface area contributed by atoms with Gasteiger partial charge in [-0.3, -0.25) is 0 Å². The minimum Gasteiger partial charge on any atom is -0.545 e. The molecule has 0 amide bonds. The fourth-order valence-electron chi connectivity index (χ4n) is 7.89. The van der Waals surface area contributed by atoms with Gasteiger partial charge in [0.2, 0.25) is 0 Å². The summed E-state index contributed by atoms with van der Waals surface area (Å²) in [6, 6.07) is 13.4. The van der Waals surface area contributed by atoms with Crippen molar-refractivity contribution in [2.75, 3.05) is 13.2 Å². The number of ether oxygens (including phenoxy) is 2. The van der Waals surface area contributed by atoms with Gasteiger partial charge in [-0.15, -0.1) is 0 Å². The Morgan fingerprint density at radius 2 is 0.541 bits per heavy atom. The van der Waals surface area contributed by atoms with Gasteiger partial charge in [0.25, 0.3) is 0 Å². The Morgan fingerprint density at radius 1 is 0.344 bits per heavy atom. The van der Waals surface area contributed by atoms with Crippen LogP contribution in [0.1, 0.15) is 266 Å². The van der Waals surface area contributed by atoms with E-state index in [1.54, 1.807) is 36.4 Å². The zero-order chi connectivity index (χ0) is 43.4. The summed E-state index contributed by atoms with van der Waals surface area (Å²) >= 11 is 0. The van der Waals surface area contributed by atoms with Crippen LogP contribution in [-0.4, -0.2) is 62.9 Å². The van der Waals surface area contributed by atoms with Crippen LogP contribution in [0.3, 0.4) is 0 Å². The van der Waals surface area contributed by atoms with Crippen molar-refractivity contribution in [2.45, 2.75) is 245 Å². The fraction of sp³-hybridized carbons (Fsp3) is 0.741. The van der Waals surface area contributed by atoms with Crippen LogP contribution in [0.5, 0.6) is 11.5 Å². The maximum atomic E-state index is 11.0. The number of rotatable bonds is 42. The fourth-order valence-corrected chi connectivity index (χ4v) is 7.89. The van der Waals surface area contributed by atoms with E-state index >= 15 is 0 Å². The number of carboxylic acids is 2. The summed E-state index contributed by atoms with van der Waals surface area (Å²) < 4.78 is 11.2. The zero-order valence-electron chi connectivity index (χ0n) is 39.6. The van der Waals surface area contributed by atoms with Gasteiger partial charge in [0.05, 0.1) is 25.2 Å². The van der Waals surface area contributed by atoms with Crippen molar-refractivity contribution >= 4 is 49.7 Å². The molecule has 0 bridgehead atoms. The molecule has 61 heavy (non-hydrogen) atoms. The number of carboxylic acid groups (broad SMARTS) is 2. The van der Waals surface area contributed by atoms with Gasteiger partial charge in [0.15, 0.2) is 0 Å². The maximum Gasteiger partial charge on any atom is 2.00 e. The van der Waals surface area contributed by atoms with Gasteiger partial charge in [-0.1, -0.05) is 256 Å². The Hall–Kier alpha value is -1.76. The zero-order valence-corrected chi connectivity index (χ0v) is 41.9. The first-order valence-corrected chi connectivity index (χ1v) is 25.4. The molecule has 0 aromatic heterocycles. The first-order chi connectivity index (χ1) is 29.5. The van der Waals surface area contributed by atoms with Crippen molar-refractivity contribution in [1.82, 2.24) is 0 Å². The summed E-state index contributed by atoms with van der Waals surface area (Å²) in [4.78, 5) is 22.1. The summed E-state index contributed by atoms with van der Waals surface area (Å²) in [6.07, 6.45) is 48.8. The number of aromatic carboxylic acids is 2. The normalized spacial score (nSPS) is 10.8. The van der Waals surface area contributed by atoms with Crippen LogP contribution >= 0.6 is 0 Å². The largest absolute Gasteiger partial charge is 2.00 e. The summed E-state index contributed by atoms with van der Waals surface area (Å²) in [7, 11) is 0. The number of para-hydroxylation sites is 2. The SMILES string of the molecule is CCCCCCCCCCCCCCCCCCCCOc1ccccc1C(=O)[O-].CCCCCCCCCCCCCCCCCCCCOc1ccccc1C(=O)[O-].[Ca+2]. The second-order valence-corrected chi connectivity index (χ2v) is 17.3. The van der Waals surface area contributed by atoms with E-state index in [4.69, 9.17) is 9.47 Å². The Labute approximate surface area is 405 Å². The van der Waals surface area contributed by atoms with Crippen LogP contribution < -0.4 is 19.7 Å². The van der Waals surface area contributed by atoms with Crippen molar-refractivity contribution in [2.24, 2.45) is 0 Å². The minimum atomic E-state index is -1.18. The maximum absolute atomic E-state index is 11.0. The molecule has 2 rings (SSSR count). The second-order valence-electron chi connectivity index (χ2n) is 17.3. The van der Waals surface area contributed by atoms with Gasteiger partial charge >= 0.3 is 37.7 Å². The van der Waals surface area contributed by atoms with Crippen molar-refractivity contribution in [1.29, 1.82) is 0 Å². The van der Waals surface area contributed by atoms with Crippen LogP contribution in [0.15, 0.2) is 48.5 Å². The summed E-state index contributed by atoms with van der Waals surface area (Å²) in [5.74, 6) is -1.51. The average Bonchev–Trinajstić information content (AvgIpc) is 3.25. The molecule has 0 N–H and O–H groups in total. The van der Waals surface area contributed by atoms with Crippen LogP contribution in [0, 0.1) is 0 Å². The quantitative estimate of drug-likeness (QED) is 0.0487. The van der Waals surface area contributed by atoms with E-state index in [2.05, 4.69) is 13.8 Å². The van der Waals surface area contributed by atoms with E-state index in [0.29, 0.717) is 24.7 Å². The van der Waals surface area contributed by atoms with E-state index < -0.39 is 11.9 Å². The van der Waals surface area contributed by atoms with Gasteiger partial charge in [-0.2, -0.15) is 0 Å². The predicted molar refractivity (Wildman–Crippen MR) is 256 cm³/mol. The second kappa shape index (κ2) is 46.2. The van der Waals surface area contributed by atoms with Gasteiger partial charge in [-0.05, 0) is 37.1 Å². The molecule has 0 fully saturated rings. The molecule has 0 aliphatic heterocycles. The molecule has 2 aromatic rings. The summed E-state index contributed by atoms with van der Waals surface area (Å²) in [5, 5.41) is 22.1.